The van der Waals surface area contributed by atoms with E-state index in [0.29, 0.717) is 29.8 Å². The zero-order valence-corrected chi connectivity index (χ0v) is 21.2. The number of hydrogen-bond donors (Lipinski definition) is 3. The Kier molecular flexibility index (Phi) is 9.26. The minimum absolute atomic E-state index is 0.221. The van der Waals surface area contributed by atoms with Gasteiger partial charge in [0.1, 0.15) is 11.5 Å². The lowest BCUT2D eigenvalue weighted by molar-refractivity contribution is 0.208. The average Bonchev–Trinajstić information content (AvgIpc) is 2.80. The lowest BCUT2D eigenvalue weighted by atomic mass is 9.80. The van der Waals surface area contributed by atoms with Gasteiger partial charge in [-0.1, -0.05) is 70.2 Å². The third-order valence-corrected chi connectivity index (χ3v) is 7.57. The van der Waals surface area contributed by atoms with Crippen molar-refractivity contribution in [1.82, 2.24) is 0 Å². The van der Waals surface area contributed by atoms with Crippen molar-refractivity contribution in [3.63, 3.8) is 0 Å². The average molecular weight is 453 g/mol. The van der Waals surface area contributed by atoms with Crippen molar-refractivity contribution in [3.8, 4) is 11.5 Å². The molecule has 2 aromatic carbocycles. The van der Waals surface area contributed by atoms with Crippen molar-refractivity contribution in [2.75, 3.05) is 6.61 Å². The van der Waals surface area contributed by atoms with Crippen molar-refractivity contribution < 1.29 is 15.3 Å². The Labute approximate surface area is 200 Å². The van der Waals surface area contributed by atoms with Gasteiger partial charge in [-0.3, -0.25) is 0 Å². The molecule has 0 bridgehead atoms. The molecule has 0 aliphatic heterocycles. The molecule has 3 nitrogen and oxygen atoms in total. The Bertz CT molecular complexity index is 888. The van der Waals surface area contributed by atoms with Crippen LogP contribution in [0.1, 0.15) is 105 Å². The highest BCUT2D eigenvalue weighted by molar-refractivity contribution is 5.49. The monoisotopic (exact) mass is 452 g/mol. The Morgan fingerprint density at radius 2 is 1.55 bits per heavy atom. The van der Waals surface area contributed by atoms with Crippen LogP contribution in [0.15, 0.2) is 24.3 Å². The van der Waals surface area contributed by atoms with E-state index >= 15 is 0 Å². The molecule has 1 fully saturated rings. The highest BCUT2D eigenvalue weighted by atomic mass is 16.3. The molecule has 3 N–H and O–H groups in total. The molecule has 33 heavy (non-hydrogen) atoms. The number of aryl methyl sites for hydroxylation is 2. The molecule has 0 spiro atoms. The number of aliphatic hydroxyl groups excluding tert-OH is 1. The summed E-state index contributed by atoms with van der Waals surface area (Å²) in [6, 6.07) is 8.61. The summed E-state index contributed by atoms with van der Waals surface area (Å²) >= 11 is 0. The maximum Gasteiger partial charge on any atom is 0.122 e. The van der Waals surface area contributed by atoms with E-state index in [-0.39, 0.29) is 12.5 Å². The molecular weight excluding hydrogens is 408 g/mol. The van der Waals surface area contributed by atoms with Gasteiger partial charge in [0, 0.05) is 13.0 Å². The molecule has 0 aromatic heterocycles. The molecule has 0 amide bonds. The molecule has 0 heterocycles. The highest BCUT2D eigenvalue weighted by Crippen LogP contribution is 2.39. The molecule has 3 heteroatoms. The second kappa shape index (κ2) is 11.9. The van der Waals surface area contributed by atoms with E-state index in [1.165, 1.54) is 37.7 Å². The highest BCUT2D eigenvalue weighted by Gasteiger charge is 2.22. The number of aromatic hydroxyl groups is 2. The van der Waals surface area contributed by atoms with Gasteiger partial charge in [-0.05, 0) is 90.7 Å². The summed E-state index contributed by atoms with van der Waals surface area (Å²) < 4.78 is 0. The van der Waals surface area contributed by atoms with Crippen molar-refractivity contribution in [2.24, 2.45) is 11.8 Å². The van der Waals surface area contributed by atoms with Gasteiger partial charge in [-0.2, -0.15) is 0 Å². The second-order valence-electron chi connectivity index (χ2n) is 10.7. The fraction of sp³-hybridized carbons (Fsp3) is 0.600. The molecule has 2 aromatic rings. The molecule has 0 saturated heterocycles. The topological polar surface area (TPSA) is 60.7 Å². The van der Waals surface area contributed by atoms with Crippen LogP contribution in [-0.4, -0.2) is 21.9 Å². The maximum absolute atomic E-state index is 11.4. The van der Waals surface area contributed by atoms with Crippen LogP contribution < -0.4 is 0 Å². The van der Waals surface area contributed by atoms with Gasteiger partial charge in [-0.15, -0.1) is 0 Å². The third kappa shape index (κ3) is 6.76. The standard InChI is InChI=1S/C30H44O3/c1-5-9-23(12-20(2)19-31)15-27-17-26(25-10-7-6-8-11-25)18-28(30(27)33)16-24-13-21(3)29(32)22(4)14-24/h13-14,17-18,20,23,25,31-33H,5-12,15-16,19H2,1-4H3. The Hall–Kier alpha value is -2.00. The first kappa shape index (κ1) is 25.6. The largest absolute Gasteiger partial charge is 0.507 e. The van der Waals surface area contributed by atoms with Crippen LogP contribution in [-0.2, 0) is 12.8 Å². The number of hydrogen-bond acceptors (Lipinski definition) is 3. The van der Waals surface area contributed by atoms with Crippen molar-refractivity contribution in [2.45, 2.75) is 97.8 Å². The Morgan fingerprint density at radius 1 is 0.909 bits per heavy atom. The van der Waals surface area contributed by atoms with Gasteiger partial charge < -0.3 is 15.3 Å². The van der Waals surface area contributed by atoms with Crippen molar-refractivity contribution in [3.05, 3.63) is 57.6 Å². The summed E-state index contributed by atoms with van der Waals surface area (Å²) in [7, 11) is 0. The van der Waals surface area contributed by atoms with Gasteiger partial charge in [0.05, 0.1) is 0 Å². The summed E-state index contributed by atoms with van der Waals surface area (Å²) in [6.45, 7) is 8.43. The van der Waals surface area contributed by atoms with Gasteiger partial charge in [0.2, 0.25) is 0 Å². The number of phenolic OH excluding ortho intramolecular Hbond substituents is 2. The molecule has 1 aliphatic rings. The molecule has 182 valence electrons. The third-order valence-electron chi connectivity index (χ3n) is 7.57. The van der Waals surface area contributed by atoms with Crippen LogP contribution in [0.3, 0.4) is 0 Å². The van der Waals surface area contributed by atoms with E-state index in [0.717, 1.165) is 53.5 Å². The van der Waals surface area contributed by atoms with E-state index in [1.807, 2.05) is 26.0 Å². The number of rotatable bonds is 10. The molecule has 1 saturated carbocycles. The fourth-order valence-electron chi connectivity index (χ4n) is 5.78. The minimum Gasteiger partial charge on any atom is -0.507 e. The van der Waals surface area contributed by atoms with Gasteiger partial charge in [0.15, 0.2) is 0 Å². The maximum atomic E-state index is 11.4. The van der Waals surface area contributed by atoms with Gasteiger partial charge >= 0.3 is 0 Å². The quantitative estimate of drug-likeness (QED) is 0.354. The zero-order chi connectivity index (χ0) is 24.0. The number of benzene rings is 2. The van der Waals surface area contributed by atoms with Crippen LogP contribution in [0.25, 0.3) is 0 Å². The zero-order valence-electron chi connectivity index (χ0n) is 21.2. The first-order chi connectivity index (χ1) is 15.8. The van der Waals surface area contributed by atoms with E-state index in [1.54, 1.807) is 0 Å². The van der Waals surface area contributed by atoms with E-state index < -0.39 is 0 Å². The van der Waals surface area contributed by atoms with Crippen LogP contribution in [0.4, 0.5) is 0 Å². The summed E-state index contributed by atoms with van der Waals surface area (Å²) in [6.07, 6.45) is 11.1. The number of phenols is 2. The molecular formula is C30H44O3. The Balaban J connectivity index is 1.97. The lowest BCUT2D eigenvalue weighted by Crippen LogP contribution is -2.13. The van der Waals surface area contributed by atoms with Crippen LogP contribution in [0.2, 0.25) is 0 Å². The van der Waals surface area contributed by atoms with E-state index in [9.17, 15) is 15.3 Å². The first-order valence-corrected chi connectivity index (χ1v) is 13.1. The summed E-state index contributed by atoms with van der Waals surface area (Å²) in [5, 5.41) is 31.2. The van der Waals surface area contributed by atoms with Crippen LogP contribution >= 0.6 is 0 Å². The van der Waals surface area contributed by atoms with Gasteiger partial charge in [0.25, 0.3) is 0 Å². The van der Waals surface area contributed by atoms with Crippen molar-refractivity contribution >= 4 is 0 Å². The lowest BCUT2D eigenvalue weighted by Gasteiger charge is -2.26. The van der Waals surface area contributed by atoms with Crippen LogP contribution in [0, 0.1) is 25.7 Å². The van der Waals surface area contributed by atoms with Gasteiger partial charge in [-0.25, -0.2) is 0 Å². The van der Waals surface area contributed by atoms with E-state index in [2.05, 4.69) is 26.0 Å². The Morgan fingerprint density at radius 3 is 2.15 bits per heavy atom. The summed E-state index contributed by atoms with van der Waals surface area (Å²) in [4.78, 5) is 0. The molecule has 3 rings (SSSR count). The SMILES string of the molecule is CCCC(Cc1cc(C2CCCCC2)cc(Cc2cc(C)c(O)c(C)c2)c1O)CC(C)CO. The molecule has 2 atom stereocenters. The summed E-state index contributed by atoms with van der Waals surface area (Å²) in [5.74, 6) is 2.14. The minimum atomic E-state index is 0.221. The normalized spacial score (nSPS) is 16.6. The number of aliphatic hydroxyl groups is 1. The predicted molar refractivity (Wildman–Crippen MR) is 137 cm³/mol. The van der Waals surface area contributed by atoms with E-state index in [4.69, 9.17) is 0 Å². The summed E-state index contributed by atoms with van der Waals surface area (Å²) in [5.41, 5.74) is 6.36. The molecule has 1 aliphatic carbocycles. The molecule has 0 radical (unpaired) electrons. The fourth-order valence-corrected chi connectivity index (χ4v) is 5.78. The second-order valence-corrected chi connectivity index (χ2v) is 10.7. The molecule has 2 unspecified atom stereocenters. The van der Waals surface area contributed by atoms with Crippen molar-refractivity contribution in [1.29, 1.82) is 0 Å². The smallest absolute Gasteiger partial charge is 0.122 e. The first-order valence-electron chi connectivity index (χ1n) is 13.1. The van der Waals surface area contributed by atoms with Crippen LogP contribution in [0.5, 0.6) is 11.5 Å². The predicted octanol–water partition coefficient (Wildman–Crippen LogP) is 7.33.